The van der Waals surface area contributed by atoms with E-state index in [0.717, 1.165) is 5.52 Å². The number of aliphatic hydroxyl groups excluding tert-OH is 1. The first-order valence-corrected chi connectivity index (χ1v) is 11.7. The van der Waals surface area contributed by atoms with Crippen molar-refractivity contribution in [2.45, 2.75) is 31.0 Å². The highest BCUT2D eigenvalue weighted by Gasteiger charge is 2.41. The van der Waals surface area contributed by atoms with Gasteiger partial charge in [-0.1, -0.05) is 36.4 Å². The zero-order valence-electron chi connectivity index (χ0n) is 20.1. The van der Waals surface area contributed by atoms with Crippen molar-refractivity contribution >= 4 is 40.2 Å². The number of carbonyl (C=O) groups is 4. The van der Waals surface area contributed by atoms with Crippen molar-refractivity contribution in [2.24, 2.45) is 0 Å². The van der Waals surface area contributed by atoms with Crippen molar-refractivity contribution in [1.29, 1.82) is 0 Å². The molecule has 4 rings (SSSR count). The lowest BCUT2D eigenvalue weighted by atomic mass is 10.1. The topological polar surface area (TPSA) is 135 Å². The van der Waals surface area contributed by atoms with Crippen LogP contribution in [0.4, 0.5) is 5.69 Å². The van der Waals surface area contributed by atoms with Crippen LogP contribution >= 0.6 is 0 Å². The predicted octanol–water partition coefficient (Wildman–Crippen LogP) is 1.35. The first-order chi connectivity index (χ1) is 17.2. The van der Waals surface area contributed by atoms with Crippen molar-refractivity contribution in [3.05, 3.63) is 66.4 Å². The highest BCUT2D eigenvalue weighted by molar-refractivity contribution is 6.08. The summed E-state index contributed by atoms with van der Waals surface area (Å²) in [7, 11) is 3.06. The summed E-state index contributed by atoms with van der Waals surface area (Å²) in [5.74, 6) is -1.91. The molecule has 36 heavy (non-hydrogen) atoms. The van der Waals surface area contributed by atoms with Gasteiger partial charge in [0.15, 0.2) is 0 Å². The number of fused-ring (bicyclic) bond motifs is 1. The lowest BCUT2D eigenvalue weighted by Gasteiger charge is -2.27. The molecule has 2 heterocycles. The number of rotatable bonds is 7. The number of aromatic nitrogens is 1. The van der Waals surface area contributed by atoms with Crippen molar-refractivity contribution in [1.82, 2.24) is 20.1 Å². The third-order valence-electron chi connectivity index (χ3n) is 6.16. The number of β-amino-alcohol motifs (C(OH)–C–C–N with tert-alkyl or cyclic N) is 1. The lowest BCUT2D eigenvalue weighted by Crippen LogP contribution is -2.53. The summed E-state index contributed by atoms with van der Waals surface area (Å²) in [4.78, 5) is 57.7. The molecule has 4 N–H and O–H groups in total. The second-order valence-corrected chi connectivity index (χ2v) is 9.02. The van der Waals surface area contributed by atoms with Crippen LogP contribution in [-0.4, -0.2) is 82.3 Å². The third kappa shape index (κ3) is 5.38. The maximum Gasteiger partial charge on any atom is 0.256 e. The highest BCUT2D eigenvalue weighted by atomic mass is 16.3. The fourth-order valence-corrected chi connectivity index (χ4v) is 4.39. The van der Waals surface area contributed by atoms with E-state index in [1.807, 2.05) is 24.3 Å². The Kier molecular flexibility index (Phi) is 7.35. The number of likely N-dealkylation sites (tertiary alicyclic amines) is 1. The van der Waals surface area contributed by atoms with Crippen LogP contribution in [0.2, 0.25) is 0 Å². The third-order valence-corrected chi connectivity index (χ3v) is 6.16. The summed E-state index contributed by atoms with van der Waals surface area (Å²) >= 11 is 0. The van der Waals surface area contributed by atoms with Gasteiger partial charge in [0.25, 0.3) is 5.91 Å². The number of nitrogens with one attached hydrogen (secondary N) is 3. The highest BCUT2D eigenvalue weighted by Crippen LogP contribution is 2.25. The normalized spacial score (nSPS) is 18.0. The van der Waals surface area contributed by atoms with Gasteiger partial charge in [-0.05, 0) is 18.2 Å². The second-order valence-electron chi connectivity index (χ2n) is 9.02. The molecule has 0 radical (unpaired) electrons. The molecule has 0 saturated carbocycles. The Morgan fingerprint density at radius 2 is 1.78 bits per heavy atom. The van der Waals surface area contributed by atoms with Gasteiger partial charge >= 0.3 is 0 Å². The minimum Gasteiger partial charge on any atom is -0.391 e. The SMILES string of the molecule is CN(C)C(=O)C(CC(=O)Nc1ccccc1)NC(=O)C1C[C@@H](O)CN1C(=O)c1c[nH]c2ccccc12. The van der Waals surface area contributed by atoms with E-state index in [4.69, 9.17) is 0 Å². The molecule has 1 aliphatic heterocycles. The molecule has 0 aliphatic carbocycles. The van der Waals surface area contributed by atoms with E-state index in [-0.39, 0.29) is 19.4 Å². The number of hydrogen-bond donors (Lipinski definition) is 4. The van der Waals surface area contributed by atoms with E-state index in [9.17, 15) is 24.3 Å². The Hall–Kier alpha value is -4.18. The van der Waals surface area contributed by atoms with Crippen LogP contribution in [0, 0.1) is 0 Å². The van der Waals surface area contributed by atoms with Crippen molar-refractivity contribution in [3.8, 4) is 0 Å². The van der Waals surface area contributed by atoms with Gasteiger partial charge in [0, 0.05) is 49.8 Å². The van der Waals surface area contributed by atoms with Crippen molar-refractivity contribution < 1.29 is 24.3 Å². The number of carbonyl (C=O) groups excluding carboxylic acids is 4. The number of aliphatic hydroxyl groups is 1. The summed E-state index contributed by atoms with van der Waals surface area (Å²) in [5.41, 5.74) is 1.74. The molecule has 2 aromatic carbocycles. The molecular weight excluding hydrogens is 462 g/mol. The number of aromatic amines is 1. The maximum atomic E-state index is 13.4. The van der Waals surface area contributed by atoms with Crippen LogP contribution in [-0.2, 0) is 14.4 Å². The quantitative estimate of drug-likeness (QED) is 0.396. The largest absolute Gasteiger partial charge is 0.391 e. The number of nitrogens with zero attached hydrogens (tertiary/aromatic N) is 2. The zero-order valence-corrected chi connectivity index (χ0v) is 20.1. The molecule has 1 aromatic heterocycles. The van der Waals surface area contributed by atoms with Crippen LogP contribution < -0.4 is 10.6 Å². The van der Waals surface area contributed by atoms with Crippen LogP contribution in [0.3, 0.4) is 0 Å². The molecule has 4 amide bonds. The van der Waals surface area contributed by atoms with Gasteiger partial charge in [-0.2, -0.15) is 0 Å². The smallest absolute Gasteiger partial charge is 0.256 e. The van der Waals surface area contributed by atoms with Gasteiger partial charge in [-0.25, -0.2) is 0 Å². The fourth-order valence-electron chi connectivity index (χ4n) is 4.39. The molecule has 1 fully saturated rings. The number of H-pyrrole nitrogens is 1. The maximum absolute atomic E-state index is 13.4. The molecule has 0 bridgehead atoms. The van der Waals surface area contributed by atoms with Gasteiger partial charge in [0.05, 0.1) is 18.1 Å². The Morgan fingerprint density at radius 3 is 2.50 bits per heavy atom. The zero-order chi connectivity index (χ0) is 25.8. The van der Waals surface area contributed by atoms with E-state index < -0.39 is 41.8 Å². The number of hydrogen-bond acceptors (Lipinski definition) is 5. The average Bonchev–Trinajstić information content (AvgIpc) is 3.47. The van der Waals surface area contributed by atoms with Crippen molar-refractivity contribution in [3.63, 3.8) is 0 Å². The summed E-state index contributed by atoms with van der Waals surface area (Å²) in [5, 5.41) is 16.4. The van der Waals surface area contributed by atoms with E-state index >= 15 is 0 Å². The first kappa shape index (κ1) is 24.9. The van der Waals surface area contributed by atoms with Gasteiger partial charge < -0.3 is 30.5 Å². The summed E-state index contributed by atoms with van der Waals surface area (Å²) < 4.78 is 0. The Bertz CT molecular complexity index is 1270. The van der Waals surface area contributed by atoms with Gasteiger partial charge in [-0.3, -0.25) is 19.2 Å². The molecular formula is C26H29N5O5. The summed E-state index contributed by atoms with van der Waals surface area (Å²) in [6, 6.07) is 14.0. The monoisotopic (exact) mass is 491 g/mol. The number of anilines is 1. The fraction of sp³-hybridized carbons (Fsp3) is 0.308. The number of benzene rings is 2. The lowest BCUT2D eigenvalue weighted by molar-refractivity contribution is -0.137. The molecule has 10 heteroatoms. The van der Waals surface area contributed by atoms with E-state index in [0.29, 0.717) is 16.6 Å². The Balaban J connectivity index is 1.50. The summed E-state index contributed by atoms with van der Waals surface area (Å²) in [6.45, 7) is -0.0167. The second kappa shape index (κ2) is 10.6. The number of amides is 4. The van der Waals surface area contributed by atoms with Crippen LogP contribution in [0.25, 0.3) is 10.9 Å². The van der Waals surface area contributed by atoms with Crippen LogP contribution in [0.15, 0.2) is 60.8 Å². The van der Waals surface area contributed by atoms with Gasteiger partial charge in [0.1, 0.15) is 12.1 Å². The van der Waals surface area contributed by atoms with Crippen LogP contribution in [0.5, 0.6) is 0 Å². The molecule has 1 saturated heterocycles. The average molecular weight is 492 g/mol. The predicted molar refractivity (Wildman–Crippen MR) is 134 cm³/mol. The molecule has 188 valence electrons. The minimum absolute atomic E-state index is 0.0167. The van der Waals surface area contributed by atoms with Gasteiger partial charge in [-0.15, -0.1) is 0 Å². The number of para-hydroxylation sites is 2. The Morgan fingerprint density at radius 1 is 1.08 bits per heavy atom. The molecule has 3 aromatic rings. The van der Waals surface area contributed by atoms with E-state index in [1.54, 1.807) is 36.5 Å². The molecule has 1 aliphatic rings. The molecule has 0 spiro atoms. The molecule has 10 nitrogen and oxygen atoms in total. The standard InChI is InChI=1S/C26H29N5O5/c1-30(2)26(36)21(13-23(33)28-16-8-4-3-5-9-16)29-24(34)22-12-17(32)15-31(22)25(35)19-14-27-20-11-7-6-10-18(19)20/h3-11,14,17,21-22,27,32H,12-13,15H2,1-2H3,(H,28,33)(H,29,34)/t17-,21?,22?/m1/s1. The molecule has 2 unspecified atom stereocenters. The minimum atomic E-state index is -1.14. The summed E-state index contributed by atoms with van der Waals surface area (Å²) in [6.07, 6.45) is 0.431. The van der Waals surface area contributed by atoms with E-state index in [1.165, 1.54) is 23.9 Å². The van der Waals surface area contributed by atoms with Crippen LogP contribution in [0.1, 0.15) is 23.2 Å². The first-order valence-electron chi connectivity index (χ1n) is 11.7. The van der Waals surface area contributed by atoms with Crippen molar-refractivity contribution in [2.75, 3.05) is 26.0 Å². The van der Waals surface area contributed by atoms with E-state index in [2.05, 4.69) is 15.6 Å². The molecule has 3 atom stereocenters. The number of likely N-dealkylation sites (N-methyl/N-ethyl adjacent to an activating group) is 1. The van der Waals surface area contributed by atoms with Gasteiger partial charge in [0.2, 0.25) is 17.7 Å². The Labute approximate surface area is 208 Å².